The van der Waals surface area contributed by atoms with Gasteiger partial charge in [-0.05, 0) is 31.5 Å². The molecule has 0 radical (unpaired) electrons. The van der Waals surface area contributed by atoms with Crippen molar-refractivity contribution in [3.63, 3.8) is 0 Å². The molecule has 1 aromatic heterocycles. The average Bonchev–Trinajstić information content (AvgIpc) is 2.79. The van der Waals surface area contributed by atoms with Crippen molar-refractivity contribution in [2.75, 3.05) is 19.6 Å². The summed E-state index contributed by atoms with van der Waals surface area (Å²) < 4.78 is 0. The molecule has 0 saturated carbocycles. The zero-order valence-corrected chi connectivity index (χ0v) is 12.1. The van der Waals surface area contributed by atoms with Crippen LogP contribution in [0.4, 0.5) is 0 Å². The second-order valence-corrected chi connectivity index (χ2v) is 4.33. The number of pyridine rings is 1. The molecule has 0 spiro atoms. The molecule has 2 rings (SSSR count). The molecule has 102 valence electrons. The van der Waals surface area contributed by atoms with E-state index in [2.05, 4.69) is 15.6 Å². The largest absolute Gasteiger partial charge is 0.352 e. The molecule has 0 aliphatic carbocycles. The number of aromatic nitrogens is 1. The van der Waals surface area contributed by atoms with Crippen molar-refractivity contribution in [1.29, 1.82) is 0 Å². The van der Waals surface area contributed by atoms with Gasteiger partial charge in [-0.15, -0.1) is 24.8 Å². The van der Waals surface area contributed by atoms with Gasteiger partial charge in [0.05, 0.1) is 10.6 Å². The lowest BCUT2D eigenvalue weighted by Gasteiger charge is -2.10. The van der Waals surface area contributed by atoms with Crippen molar-refractivity contribution in [3.8, 4) is 0 Å². The molecule has 1 fully saturated rings. The number of carbonyl (C=O) groups is 1. The predicted molar refractivity (Wildman–Crippen MR) is 77.1 cm³/mol. The molecule has 1 aromatic rings. The zero-order chi connectivity index (χ0) is 11.4. The summed E-state index contributed by atoms with van der Waals surface area (Å²) in [5.74, 6) is 0.406. The Bertz CT molecular complexity index is 384. The smallest absolute Gasteiger partial charge is 0.252 e. The average molecular weight is 313 g/mol. The van der Waals surface area contributed by atoms with E-state index in [0.717, 1.165) is 19.5 Å². The van der Waals surface area contributed by atoms with Gasteiger partial charge in [0.15, 0.2) is 0 Å². The van der Waals surface area contributed by atoms with Crippen molar-refractivity contribution < 1.29 is 4.79 Å². The van der Waals surface area contributed by atoms with Gasteiger partial charge >= 0.3 is 0 Å². The van der Waals surface area contributed by atoms with Gasteiger partial charge in [-0.2, -0.15) is 0 Å². The summed E-state index contributed by atoms with van der Waals surface area (Å²) in [6.45, 7) is 2.71. The minimum atomic E-state index is -0.126. The number of halogens is 3. The summed E-state index contributed by atoms with van der Waals surface area (Å²) in [6, 6.07) is 1.63. The van der Waals surface area contributed by atoms with Gasteiger partial charge in [-0.25, -0.2) is 0 Å². The highest BCUT2D eigenvalue weighted by atomic mass is 35.5. The molecule has 1 atom stereocenters. The maximum absolute atomic E-state index is 11.8. The van der Waals surface area contributed by atoms with Crippen LogP contribution >= 0.6 is 36.4 Å². The fourth-order valence-electron chi connectivity index (χ4n) is 1.78. The fourth-order valence-corrected chi connectivity index (χ4v) is 1.99. The normalized spacial score (nSPS) is 17.5. The van der Waals surface area contributed by atoms with Crippen molar-refractivity contribution in [1.82, 2.24) is 15.6 Å². The van der Waals surface area contributed by atoms with Gasteiger partial charge in [-0.1, -0.05) is 11.6 Å². The van der Waals surface area contributed by atoms with Gasteiger partial charge in [-0.3, -0.25) is 9.78 Å². The molecule has 4 nitrogen and oxygen atoms in total. The third kappa shape index (κ3) is 4.61. The van der Waals surface area contributed by atoms with E-state index in [4.69, 9.17) is 11.6 Å². The number of hydrogen-bond donors (Lipinski definition) is 2. The Morgan fingerprint density at radius 1 is 1.56 bits per heavy atom. The second kappa shape index (κ2) is 8.53. The van der Waals surface area contributed by atoms with Gasteiger partial charge in [0, 0.05) is 18.9 Å². The maximum Gasteiger partial charge on any atom is 0.252 e. The number of carbonyl (C=O) groups excluding carboxylic acids is 1. The standard InChI is InChI=1S/C11H14ClN3O.2ClH/c12-10-7-14-4-2-9(10)11(16)15-6-8-1-3-13-5-8;;/h2,4,7-8,13H,1,3,5-6H2,(H,15,16);2*1H. The van der Waals surface area contributed by atoms with E-state index in [0.29, 0.717) is 23.0 Å². The number of hydrogen-bond acceptors (Lipinski definition) is 3. The van der Waals surface area contributed by atoms with Crippen LogP contribution in [0.1, 0.15) is 16.8 Å². The molecule has 1 unspecified atom stereocenters. The summed E-state index contributed by atoms with van der Waals surface area (Å²) in [6.07, 6.45) is 4.16. The van der Waals surface area contributed by atoms with E-state index in [1.54, 1.807) is 12.3 Å². The van der Waals surface area contributed by atoms with Crippen molar-refractivity contribution >= 4 is 42.3 Å². The lowest BCUT2D eigenvalue weighted by Crippen LogP contribution is -2.30. The molecule has 2 heterocycles. The van der Waals surface area contributed by atoms with Crippen LogP contribution in [0.2, 0.25) is 5.02 Å². The minimum absolute atomic E-state index is 0. The predicted octanol–water partition coefficient (Wildman–Crippen LogP) is 1.92. The Morgan fingerprint density at radius 2 is 2.33 bits per heavy atom. The van der Waals surface area contributed by atoms with Crippen LogP contribution in [0.25, 0.3) is 0 Å². The van der Waals surface area contributed by atoms with Crippen LogP contribution in [0, 0.1) is 5.92 Å². The second-order valence-electron chi connectivity index (χ2n) is 3.92. The first-order valence-electron chi connectivity index (χ1n) is 5.36. The highest BCUT2D eigenvalue weighted by Gasteiger charge is 2.16. The summed E-state index contributed by atoms with van der Waals surface area (Å²) in [5, 5.41) is 6.54. The van der Waals surface area contributed by atoms with Crippen LogP contribution in [-0.4, -0.2) is 30.5 Å². The summed E-state index contributed by atoms with van der Waals surface area (Å²) in [7, 11) is 0. The van der Waals surface area contributed by atoms with E-state index in [1.165, 1.54) is 6.20 Å². The SMILES string of the molecule is Cl.Cl.O=C(NCC1CCNC1)c1ccncc1Cl. The van der Waals surface area contributed by atoms with Crippen LogP contribution in [-0.2, 0) is 0 Å². The Hall–Kier alpha value is -0.550. The van der Waals surface area contributed by atoms with Crippen LogP contribution in [0.5, 0.6) is 0 Å². The molecule has 1 saturated heterocycles. The molecule has 1 amide bonds. The first kappa shape index (κ1) is 17.4. The summed E-state index contributed by atoms with van der Waals surface area (Å²) in [4.78, 5) is 15.6. The Balaban J connectivity index is 0.00000144. The van der Waals surface area contributed by atoms with E-state index in [9.17, 15) is 4.79 Å². The van der Waals surface area contributed by atoms with E-state index < -0.39 is 0 Å². The highest BCUT2D eigenvalue weighted by Crippen LogP contribution is 2.13. The Kier molecular flexibility index (Phi) is 8.27. The molecule has 2 N–H and O–H groups in total. The first-order valence-corrected chi connectivity index (χ1v) is 5.73. The van der Waals surface area contributed by atoms with Gasteiger partial charge < -0.3 is 10.6 Å². The highest BCUT2D eigenvalue weighted by molar-refractivity contribution is 6.33. The van der Waals surface area contributed by atoms with Gasteiger partial charge in [0.1, 0.15) is 0 Å². The van der Waals surface area contributed by atoms with Crippen molar-refractivity contribution in [3.05, 3.63) is 29.0 Å². The third-order valence-corrected chi connectivity index (χ3v) is 3.03. The molecule has 7 heteroatoms. The van der Waals surface area contributed by atoms with E-state index >= 15 is 0 Å². The quantitative estimate of drug-likeness (QED) is 0.896. The molecule has 0 aromatic carbocycles. The number of nitrogens with one attached hydrogen (secondary N) is 2. The summed E-state index contributed by atoms with van der Waals surface area (Å²) >= 11 is 5.88. The molecular formula is C11H16Cl3N3O. The summed E-state index contributed by atoms with van der Waals surface area (Å²) in [5.41, 5.74) is 0.489. The number of rotatable bonds is 3. The topological polar surface area (TPSA) is 54.0 Å². The van der Waals surface area contributed by atoms with Crippen molar-refractivity contribution in [2.45, 2.75) is 6.42 Å². The van der Waals surface area contributed by atoms with E-state index in [-0.39, 0.29) is 30.7 Å². The van der Waals surface area contributed by atoms with Crippen LogP contribution < -0.4 is 10.6 Å². The molecular weight excluding hydrogens is 296 g/mol. The minimum Gasteiger partial charge on any atom is -0.352 e. The molecule has 1 aliphatic heterocycles. The number of amides is 1. The maximum atomic E-state index is 11.8. The molecule has 1 aliphatic rings. The lowest BCUT2D eigenvalue weighted by molar-refractivity contribution is 0.0948. The van der Waals surface area contributed by atoms with E-state index in [1.807, 2.05) is 0 Å². The van der Waals surface area contributed by atoms with Crippen LogP contribution in [0.15, 0.2) is 18.5 Å². The Morgan fingerprint density at radius 3 is 2.94 bits per heavy atom. The van der Waals surface area contributed by atoms with Crippen LogP contribution in [0.3, 0.4) is 0 Å². The molecule has 0 bridgehead atoms. The fraction of sp³-hybridized carbons (Fsp3) is 0.455. The molecule has 18 heavy (non-hydrogen) atoms. The number of nitrogens with zero attached hydrogens (tertiary/aromatic N) is 1. The first-order chi connectivity index (χ1) is 7.77. The van der Waals surface area contributed by atoms with Crippen molar-refractivity contribution in [2.24, 2.45) is 5.92 Å². The lowest BCUT2D eigenvalue weighted by atomic mass is 10.1. The monoisotopic (exact) mass is 311 g/mol. The van der Waals surface area contributed by atoms with Gasteiger partial charge in [0.25, 0.3) is 5.91 Å². The Labute approximate surface area is 124 Å². The third-order valence-electron chi connectivity index (χ3n) is 2.73. The zero-order valence-electron chi connectivity index (χ0n) is 9.69. The van der Waals surface area contributed by atoms with Gasteiger partial charge in [0.2, 0.25) is 0 Å².